The van der Waals surface area contributed by atoms with Crippen LogP contribution in [0.2, 0.25) is 0 Å². The van der Waals surface area contributed by atoms with Gasteiger partial charge in [-0.15, -0.1) is 0 Å². The molecule has 3 rings (SSSR count). The lowest BCUT2D eigenvalue weighted by Gasteiger charge is -2.21. The number of aromatic nitrogens is 2. The van der Waals surface area contributed by atoms with Gasteiger partial charge in [-0.3, -0.25) is 4.79 Å². The number of alkyl halides is 3. The summed E-state index contributed by atoms with van der Waals surface area (Å²) in [6.45, 7) is 1.000. The number of carbonyl (C=O) groups is 1. The molecule has 1 aliphatic rings. The largest absolute Gasteiger partial charge is 0.416 e. The molecule has 1 amide bonds. The van der Waals surface area contributed by atoms with Crippen LogP contribution in [0.4, 0.5) is 13.2 Å². The van der Waals surface area contributed by atoms with Crippen LogP contribution in [-0.4, -0.2) is 59.3 Å². The molecule has 0 atom stereocenters. The van der Waals surface area contributed by atoms with E-state index in [0.717, 1.165) is 12.1 Å². The highest BCUT2D eigenvalue weighted by molar-refractivity contribution is 7.89. The number of halogens is 3. The normalized spacial score (nSPS) is 16.6. The zero-order valence-electron chi connectivity index (χ0n) is 15.8. The minimum Gasteiger partial charge on any atom is -0.341 e. The van der Waals surface area contributed by atoms with Gasteiger partial charge in [-0.2, -0.15) is 17.5 Å². The van der Waals surface area contributed by atoms with Crippen LogP contribution in [0.5, 0.6) is 0 Å². The van der Waals surface area contributed by atoms with Crippen LogP contribution in [0, 0.1) is 0 Å². The second kappa shape index (κ2) is 8.15. The van der Waals surface area contributed by atoms with Crippen molar-refractivity contribution in [2.45, 2.75) is 24.0 Å². The van der Waals surface area contributed by atoms with Gasteiger partial charge in [-0.1, -0.05) is 12.1 Å². The van der Waals surface area contributed by atoms with Crippen molar-refractivity contribution < 1.29 is 26.4 Å². The summed E-state index contributed by atoms with van der Waals surface area (Å²) in [5.41, 5.74) is -0.288. The van der Waals surface area contributed by atoms with E-state index < -0.39 is 21.8 Å². The van der Waals surface area contributed by atoms with E-state index in [1.807, 2.05) is 0 Å². The summed E-state index contributed by atoms with van der Waals surface area (Å²) in [5, 5.41) is -0.0375. The van der Waals surface area contributed by atoms with Gasteiger partial charge < -0.3 is 9.47 Å². The Morgan fingerprint density at radius 1 is 1.10 bits per heavy atom. The lowest BCUT2D eigenvalue weighted by atomic mass is 10.1. The first kappa shape index (κ1) is 21.3. The van der Waals surface area contributed by atoms with E-state index in [2.05, 4.69) is 4.98 Å². The molecular weight excluding hydrogens is 409 g/mol. The Morgan fingerprint density at radius 3 is 2.38 bits per heavy atom. The predicted octanol–water partition coefficient (Wildman–Crippen LogP) is 1.90. The van der Waals surface area contributed by atoms with Crippen LogP contribution in [0.3, 0.4) is 0 Å². The molecular formula is C18H21F3N4O3S. The molecule has 1 aromatic carbocycles. The number of amides is 1. The number of imidazole rings is 1. The van der Waals surface area contributed by atoms with Crippen molar-refractivity contribution >= 4 is 15.9 Å². The van der Waals surface area contributed by atoms with Gasteiger partial charge in [-0.05, 0) is 24.1 Å². The number of aryl methyl sites for hydroxylation is 1. The van der Waals surface area contributed by atoms with E-state index in [9.17, 15) is 26.4 Å². The molecule has 2 aromatic rings. The second-order valence-electron chi connectivity index (χ2n) is 6.89. The zero-order valence-corrected chi connectivity index (χ0v) is 16.6. The Balaban J connectivity index is 1.62. The van der Waals surface area contributed by atoms with Gasteiger partial charge >= 0.3 is 6.18 Å². The number of carbonyl (C=O) groups excluding carboxylic acids is 1. The smallest absolute Gasteiger partial charge is 0.341 e. The molecule has 1 fully saturated rings. The second-order valence-corrected chi connectivity index (χ2v) is 8.77. The third kappa shape index (κ3) is 4.96. The molecule has 158 valence electrons. The van der Waals surface area contributed by atoms with E-state index in [0.29, 0.717) is 18.5 Å². The minimum atomic E-state index is -4.42. The molecule has 0 saturated carbocycles. The van der Waals surface area contributed by atoms with Gasteiger partial charge in [0.2, 0.25) is 5.91 Å². The van der Waals surface area contributed by atoms with E-state index in [1.54, 1.807) is 16.5 Å². The summed E-state index contributed by atoms with van der Waals surface area (Å²) in [4.78, 5) is 18.0. The van der Waals surface area contributed by atoms with E-state index in [-0.39, 0.29) is 37.0 Å². The lowest BCUT2D eigenvalue weighted by molar-refractivity contribution is -0.137. The van der Waals surface area contributed by atoms with Gasteiger partial charge in [0.1, 0.15) is 0 Å². The van der Waals surface area contributed by atoms with Gasteiger partial charge in [0.05, 0.1) is 18.3 Å². The van der Waals surface area contributed by atoms with Crippen LogP contribution in [-0.2, 0) is 34.5 Å². The number of benzene rings is 1. The molecule has 0 N–H and O–H groups in total. The molecule has 1 aliphatic heterocycles. The standard InChI is InChI=1S/C18H21F3N4O3S/c1-23-12-16(22-13-23)29(27,28)25-8-2-7-24(9-10-25)17(26)11-14-3-5-15(6-4-14)18(19,20)21/h3-6,12-13H,2,7-11H2,1H3. The summed E-state index contributed by atoms with van der Waals surface area (Å²) in [5.74, 6) is -0.248. The van der Waals surface area contributed by atoms with Crippen LogP contribution >= 0.6 is 0 Å². The number of hydrogen-bond donors (Lipinski definition) is 0. The van der Waals surface area contributed by atoms with Crippen LogP contribution in [0.15, 0.2) is 41.8 Å². The fraction of sp³-hybridized carbons (Fsp3) is 0.444. The predicted molar refractivity (Wildman–Crippen MR) is 98.3 cm³/mol. The van der Waals surface area contributed by atoms with Gasteiger partial charge in [0.15, 0.2) is 5.03 Å². The first-order valence-corrected chi connectivity index (χ1v) is 10.4. The highest BCUT2D eigenvalue weighted by Crippen LogP contribution is 2.29. The van der Waals surface area contributed by atoms with Crippen LogP contribution in [0.25, 0.3) is 0 Å². The molecule has 0 aliphatic carbocycles. The summed E-state index contributed by atoms with van der Waals surface area (Å²) >= 11 is 0. The molecule has 0 spiro atoms. The van der Waals surface area contributed by atoms with Crippen LogP contribution < -0.4 is 0 Å². The lowest BCUT2D eigenvalue weighted by Crippen LogP contribution is -2.38. The molecule has 2 heterocycles. The Kier molecular flexibility index (Phi) is 5.99. The Hall–Kier alpha value is -2.40. The third-order valence-corrected chi connectivity index (χ3v) is 6.51. The number of nitrogens with zero attached hydrogens (tertiary/aromatic N) is 4. The highest BCUT2D eigenvalue weighted by Gasteiger charge is 2.31. The van der Waals surface area contributed by atoms with Crippen molar-refractivity contribution in [3.8, 4) is 0 Å². The fourth-order valence-corrected chi connectivity index (χ4v) is 4.57. The highest BCUT2D eigenvalue weighted by atomic mass is 32.2. The molecule has 0 radical (unpaired) electrons. The Bertz CT molecular complexity index is 971. The maximum atomic E-state index is 12.7. The van der Waals surface area contributed by atoms with Crippen molar-refractivity contribution in [2.75, 3.05) is 26.2 Å². The fourth-order valence-electron chi connectivity index (χ4n) is 3.14. The third-order valence-electron chi connectivity index (χ3n) is 4.73. The first-order chi connectivity index (χ1) is 13.6. The van der Waals surface area contributed by atoms with Gasteiger partial charge in [-0.25, -0.2) is 13.4 Å². The number of sulfonamides is 1. The average Bonchev–Trinajstić information content (AvgIpc) is 2.94. The maximum absolute atomic E-state index is 12.7. The molecule has 1 aromatic heterocycles. The molecule has 1 saturated heterocycles. The van der Waals surface area contributed by atoms with Crippen LogP contribution in [0.1, 0.15) is 17.5 Å². The summed E-state index contributed by atoms with van der Waals surface area (Å²) in [7, 11) is -2.06. The molecule has 11 heteroatoms. The van der Waals surface area contributed by atoms with Crippen molar-refractivity contribution in [3.63, 3.8) is 0 Å². The van der Waals surface area contributed by atoms with Crippen molar-refractivity contribution in [1.29, 1.82) is 0 Å². The Morgan fingerprint density at radius 2 is 1.79 bits per heavy atom. The van der Waals surface area contributed by atoms with Crippen molar-refractivity contribution in [2.24, 2.45) is 7.05 Å². The molecule has 7 nitrogen and oxygen atoms in total. The first-order valence-electron chi connectivity index (χ1n) is 8.99. The van der Waals surface area contributed by atoms with E-state index >= 15 is 0 Å². The summed E-state index contributed by atoms with van der Waals surface area (Å²) < 4.78 is 66.2. The minimum absolute atomic E-state index is 0.0366. The summed E-state index contributed by atoms with van der Waals surface area (Å²) in [6.07, 6.45) is -1.16. The molecule has 29 heavy (non-hydrogen) atoms. The average molecular weight is 430 g/mol. The van der Waals surface area contributed by atoms with Gasteiger partial charge in [0.25, 0.3) is 10.0 Å². The van der Waals surface area contributed by atoms with Gasteiger partial charge in [0, 0.05) is 39.4 Å². The van der Waals surface area contributed by atoms with E-state index in [4.69, 9.17) is 0 Å². The monoisotopic (exact) mass is 430 g/mol. The molecule has 0 bridgehead atoms. The Labute approximate surface area is 166 Å². The SMILES string of the molecule is Cn1cnc(S(=O)(=O)N2CCCN(C(=O)Cc3ccc(C(F)(F)F)cc3)CC2)c1. The van der Waals surface area contributed by atoms with Crippen molar-refractivity contribution in [1.82, 2.24) is 18.8 Å². The quantitative estimate of drug-likeness (QED) is 0.743. The maximum Gasteiger partial charge on any atom is 0.416 e. The molecule has 0 unspecified atom stereocenters. The zero-order chi connectivity index (χ0) is 21.2. The van der Waals surface area contributed by atoms with Crippen molar-refractivity contribution in [3.05, 3.63) is 47.9 Å². The number of rotatable bonds is 4. The topological polar surface area (TPSA) is 75.5 Å². The number of hydrogen-bond acceptors (Lipinski definition) is 4. The van der Waals surface area contributed by atoms with E-state index in [1.165, 1.54) is 29.0 Å². The summed E-state index contributed by atoms with van der Waals surface area (Å²) in [6, 6.07) is 4.48.